The SMILES string of the molecule is C=C(CC(C)N)C(=O)O. The van der Waals surface area contributed by atoms with Crippen LogP contribution in [0, 0.1) is 0 Å². The molecule has 0 spiro atoms. The Bertz CT molecular complexity index is 129. The molecule has 0 heterocycles. The third kappa shape index (κ3) is 3.73. The summed E-state index contributed by atoms with van der Waals surface area (Å²) in [4.78, 5) is 10.1. The Balaban J connectivity index is 3.65. The number of rotatable bonds is 3. The lowest BCUT2D eigenvalue weighted by molar-refractivity contribution is -0.132. The second-order valence-corrected chi connectivity index (χ2v) is 2.09. The molecule has 0 rings (SSSR count). The number of aliphatic carboxylic acids is 1. The Kier molecular flexibility index (Phi) is 2.95. The standard InChI is InChI=1S/C6H11NO2/c1-4(6(8)9)3-5(2)7/h5H,1,3,7H2,2H3,(H,8,9). The number of carbonyl (C=O) groups is 1. The predicted octanol–water partition coefficient (Wildman–Crippen LogP) is 0.365. The number of carboxylic acids is 1. The van der Waals surface area contributed by atoms with Crippen molar-refractivity contribution in [2.24, 2.45) is 5.73 Å². The molecule has 3 N–H and O–H groups in total. The molecule has 3 nitrogen and oxygen atoms in total. The van der Waals surface area contributed by atoms with Gasteiger partial charge in [0.25, 0.3) is 0 Å². The van der Waals surface area contributed by atoms with Gasteiger partial charge in [0.2, 0.25) is 0 Å². The summed E-state index contributed by atoms with van der Waals surface area (Å²) in [5.41, 5.74) is 5.48. The maximum atomic E-state index is 10.1. The highest BCUT2D eigenvalue weighted by molar-refractivity contribution is 5.85. The van der Waals surface area contributed by atoms with Crippen LogP contribution in [0.25, 0.3) is 0 Å². The topological polar surface area (TPSA) is 63.3 Å². The molecule has 0 aliphatic carbocycles. The van der Waals surface area contributed by atoms with Gasteiger partial charge in [-0.15, -0.1) is 0 Å². The average Bonchev–Trinajstić information content (AvgIpc) is 1.63. The van der Waals surface area contributed by atoms with E-state index in [0.29, 0.717) is 6.42 Å². The summed E-state index contributed by atoms with van der Waals surface area (Å²) in [5.74, 6) is -0.965. The molecule has 1 unspecified atom stereocenters. The molecule has 9 heavy (non-hydrogen) atoms. The smallest absolute Gasteiger partial charge is 0.331 e. The quantitative estimate of drug-likeness (QED) is 0.541. The maximum Gasteiger partial charge on any atom is 0.331 e. The molecule has 0 aliphatic rings. The molecule has 0 bridgehead atoms. The fourth-order valence-electron chi connectivity index (χ4n) is 0.476. The number of carboxylic acid groups (broad SMARTS) is 1. The first-order valence-corrected chi connectivity index (χ1v) is 2.70. The lowest BCUT2D eigenvalue weighted by Gasteiger charge is -2.02. The second kappa shape index (κ2) is 3.25. The van der Waals surface area contributed by atoms with Crippen molar-refractivity contribution in [1.82, 2.24) is 0 Å². The molecule has 0 aromatic rings. The molecule has 0 amide bonds. The molecule has 0 saturated carbocycles. The number of hydrogen-bond donors (Lipinski definition) is 2. The Labute approximate surface area is 54.2 Å². The average molecular weight is 129 g/mol. The lowest BCUT2D eigenvalue weighted by atomic mass is 10.1. The zero-order valence-corrected chi connectivity index (χ0v) is 5.42. The van der Waals surface area contributed by atoms with Crippen molar-refractivity contribution in [3.8, 4) is 0 Å². The van der Waals surface area contributed by atoms with E-state index in [4.69, 9.17) is 10.8 Å². The minimum Gasteiger partial charge on any atom is -0.478 e. The Morgan fingerprint density at radius 2 is 2.33 bits per heavy atom. The molecule has 3 heteroatoms. The molecular weight excluding hydrogens is 118 g/mol. The number of nitrogens with two attached hydrogens (primary N) is 1. The third-order valence-electron chi connectivity index (χ3n) is 0.871. The molecule has 0 aromatic carbocycles. The van der Waals surface area contributed by atoms with Crippen LogP contribution in [0.2, 0.25) is 0 Å². The highest BCUT2D eigenvalue weighted by Crippen LogP contribution is 1.99. The van der Waals surface area contributed by atoms with Crippen LogP contribution in [-0.2, 0) is 4.79 Å². The Morgan fingerprint density at radius 3 is 2.44 bits per heavy atom. The third-order valence-corrected chi connectivity index (χ3v) is 0.871. The van der Waals surface area contributed by atoms with E-state index in [2.05, 4.69) is 6.58 Å². The minimum atomic E-state index is -0.965. The maximum absolute atomic E-state index is 10.1. The van der Waals surface area contributed by atoms with Gasteiger partial charge in [0.1, 0.15) is 0 Å². The minimum absolute atomic E-state index is 0.117. The lowest BCUT2D eigenvalue weighted by Crippen LogP contribution is -2.17. The van der Waals surface area contributed by atoms with Crippen LogP contribution in [0.4, 0.5) is 0 Å². The summed E-state index contributed by atoms with van der Waals surface area (Å²) in [7, 11) is 0. The van der Waals surface area contributed by atoms with Gasteiger partial charge in [-0.25, -0.2) is 4.79 Å². The van der Waals surface area contributed by atoms with Crippen LogP contribution < -0.4 is 5.73 Å². The van der Waals surface area contributed by atoms with Crippen LogP contribution in [0.5, 0.6) is 0 Å². The van der Waals surface area contributed by atoms with Gasteiger partial charge < -0.3 is 10.8 Å². The Hall–Kier alpha value is -0.830. The van der Waals surface area contributed by atoms with Gasteiger partial charge in [-0.05, 0) is 13.3 Å². The van der Waals surface area contributed by atoms with Gasteiger partial charge >= 0.3 is 5.97 Å². The van der Waals surface area contributed by atoms with Gasteiger partial charge in [-0.2, -0.15) is 0 Å². The van der Waals surface area contributed by atoms with E-state index < -0.39 is 5.97 Å². The van der Waals surface area contributed by atoms with Gasteiger partial charge in [0.15, 0.2) is 0 Å². The zero-order chi connectivity index (χ0) is 7.44. The second-order valence-electron chi connectivity index (χ2n) is 2.09. The van der Waals surface area contributed by atoms with Crippen LogP contribution in [-0.4, -0.2) is 17.1 Å². The van der Waals surface area contributed by atoms with Crippen LogP contribution in [0.3, 0.4) is 0 Å². The van der Waals surface area contributed by atoms with Gasteiger partial charge in [0.05, 0.1) is 0 Å². The monoisotopic (exact) mass is 129 g/mol. The summed E-state index contributed by atoms with van der Waals surface area (Å²) < 4.78 is 0. The van der Waals surface area contributed by atoms with E-state index in [1.807, 2.05) is 0 Å². The molecular formula is C6H11NO2. The zero-order valence-electron chi connectivity index (χ0n) is 5.42. The van der Waals surface area contributed by atoms with Gasteiger partial charge in [-0.3, -0.25) is 0 Å². The predicted molar refractivity (Wildman–Crippen MR) is 35.0 cm³/mol. The van der Waals surface area contributed by atoms with E-state index in [1.54, 1.807) is 6.92 Å². The van der Waals surface area contributed by atoms with E-state index in [-0.39, 0.29) is 11.6 Å². The van der Waals surface area contributed by atoms with E-state index in [9.17, 15) is 4.79 Å². The first-order chi connectivity index (χ1) is 4.04. The molecule has 0 fully saturated rings. The van der Waals surface area contributed by atoms with Crippen molar-refractivity contribution in [3.63, 3.8) is 0 Å². The first kappa shape index (κ1) is 8.17. The molecule has 0 radical (unpaired) electrons. The van der Waals surface area contributed by atoms with Crippen molar-refractivity contribution >= 4 is 5.97 Å². The van der Waals surface area contributed by atoms with Gasteiger partial charge in [-0.1, -0.05) is 6.58 Å². The summed E-state index contributed by atoms with van der Waals surface area (Å²) in [6.45, 7) is 5.06. The summed E-state index contributed by atoms with van der Waals surface area (Å²) in [6, 6.07) is -0.117. The van der Waals surface area contributed by atoms with Crippen molar-refractivity contribution in [2.75, 3.05) is 0 Å². The van der Waals surface area contributed by atoms with Crippen molar-refractivity contribution in [2.45, 2.75) is 19.4 Å². The fourth-order valence-corrected chi connectivity index (χ4v) is 0.476. The molecule has 0 saturated heterocycles. The summed E-state index contributed by atoms with van der Waals surface area (Å²) in [6.07, 6.45) is 0.356. The van der Waals surface area contributed by atoms with Crippen molar-refractivity contribution in [3.05, 3.63) is 12.2 Å². The largest absolute Gasteiger partial charge is 0.478 e. The van der Waals surface area contributed by atoms with Crippen LogP contribution in [0.15, 0.2) is 12.2 Å². The Morgan fingerprint density at radius 1 is 1.89 bits per heavy atom. The summed E-state index contributed by atoms with van der Waals surface area (Å²) in [5, 5.41) is 8.28. The van der Waals surface area contributed by atoms with E-state index >= 15 is 0 Å². The molecule has 0 aromatic heterocycles. The summed E-state index contributed by atoms with van der Waals surface area (Å²) >= 11 is 0. The normalized spacial score (nSPS) is 12.7. The van der Waals surface area contributed by atoms with E-state index in [0.717, 1.165) is 0 Å². The highest BCUT2D eigenvalue weighted by atomic mass is 16.4. The molecule has 0 aliphatic heterocycles. The van der Waals surface area contributed by atoms with Crippen LogP contribution in [0.1, 0.15) is 13.3 Å². The van der Waals surface area contributed by atoms with Crippen molar-refractivity contribution < 1.29 is 9.90 Å². The van der Waals surface area contributed by atoms with Crippen molar-refractivity contribution in [1.29, 1.82) is 0 Å². The van der Waals surface area contributed by atoms with E-state index in [1.165, 1.54) is 0 Å². The van der Waals surface area contributed by atoms with Crippen LogP contribution >= 0.6 is 0 Å². The molecule has 52 valence electrons. The fraction of sp³-hybridized carbons (Fsp3) is 0.500. The highest BCUT2D eigenvalue weighted by Gasteiger charge is 2.04. The molecule has 1 atom stereocenters. The first-order valence-electron chi connectivity index (χ1n) is 2.70. The number of hydrogen-bond acceptors (Lipinski definition) is 2. The van der Waals surface area contributed by atoms with Gasteiger partial charge in [0, 0.05) is 11.6 Å².